The second-order valence-corrected chi connectivity index (χ2v) is 17.6. The van der Waals surface area contributed by atoms with Crippen LogP contribution < -0.4 is 0 Å². The van der Waals surface area contributed by atoms with Crippen molar-refractivity contribution in [1.82, 2.24) is 9.13 Å². The Bertz CT molecular complexity index is 3670. The summed E-state index contributed by atoms with van der Waals surface area (Å²) in [5.41, 5.74) is 11.4. The summed E-state index contributed by atoms with van der Waals surface area (Å²) in [6.45, 7) is 21.6. The van der Waals surface area contributed by atoms with Gasteiger partial charge in [0.05, 0.1) is 56.3 Å². The molecule has 58 heavy (non-hydrogen) atoms. The topological polar surface area (TPSA) is 64.3 Å². The molecule has 11 aromatic rings. The van der Waals surface area contributed by atoms with E-state index in [1.807, 2.05) is 42.5 Å². The van der Waals surface area contributed by atoms with Gasteiger partial charge in [-0.05, 0) is 94.8 Å². The summed E-state index contributed by atoms with van der Waals surface area (Å²) < 4.78 is 17.9. The molecule has 0 amide bonds. The molecule has 0 spiro atoms. The summed E-state index contributed by atoms with van der Waals surface area (Å²) in [4.78, 5) is 3.93. The van der Waals surface area contributed by atoms with Gasteiger partial charge in [-0.3, -0.25) is 0 Å². The van der Waals surface area contributed by atoms with Gasteiger partial charge in [0, 0.05) is 32.3 Å². The number of aromatic nitrogens is 2. The molecule has 4 heterocycles. The fourth-order valence-electron chi connectivity index (χ4n) is 9.17. The first-order valence-electron chi connectivity index (χ1n) is 19.7. The van der Waals surface area contributed by atoms with Crippen LogP contribution in [0.3, 0.4) is 0 Å². The van der Waals surface area contributed by atoms with E-state index in [0.29, 0.717) is 16.9 Å². The lowest BCUT2D eigenvalue weighted by Crippen LogP contribution is -2.11. The van der Waals surface area contributed by atoms with Crippen LogP contribution in [-0.2, 0) is 10.8 Å². The van der Waals surface area contributed by atoms with Gasteiger partial charge in [-0.1, -0.05) is 90.1 Å². The smallest absolute Gasteiger partial charge is 0.190 e. The van der Waals surface area contributed by atoms with Gasteiger partial charge in [0.1, 0.15) is 28.4 Å². The molecule has 0 radical (unpaired) electrons. The quantitative estimate of drug-likeness (QED) is 0.165. The Hall–Kier alpha value is -7.28. The van der Waals surface area contributed by atoms with Crippen LogP contribution in [0, 0.1) is 17.9 Å². The second-order valence-electron chi connectivity index (χ2n) is 17.6. The molecule has 11 rings (SSSR count). The first-order chi connectivity index (χ1) is 27.9. The lowest BCUT2D eigenvalue weighted by Gasteiger charge is -2.21. The van der Waals surface area contributed by atoms with Crippen molar-refractivity contribution >= 4 is 93.2 Å². The molecule has 0 saturated carbocycles. The van der Waals surface area contributed by atoms with E-state index in [9.17, 15) is 5.26 Å². The molecule has 0 aliphatic rings. The second kappa shape index (κ2) is 11.6. The van der Waals surface area contributed by atoms with Crippen molar-refractivity contribution < 1.29 is 8.83 Å². The van der Waals surface area contributed by atoms with E-state index in [1.165, 1.54) is 11.1 Å². The fraction of sp³-hybridized carbons (Fsp3) is 0.154. The number of hydrogen-bond acceptors (Lipinski definition) is 3. The first kappa shape index (κ1) is 34.0. The fourth-order valence-corrected chi connectivity index (χ4v) is 9.17. The summed E-state index contributed by atoms with van der Waals surface area (Å²) in [7, 11) is 0. The normalized spacial score (nSPS) is 12.6. The zero-order valence-electron chi connectivity index (χ0n) is 33.2. The van der Waals surface area contributed by atoms with Crippen LogP contribution in [0.2, 0.25) is 0 Å². The van der Waals surface area contributed by atoms with Gasteiger partial charge >= 0.3 is 0 Å². The van der Waals surface area contributed by atoms with Crippen molar-refractivity contribution in [2.75, 3.05) is 0 Å². The minimum absolute atomic E-state index is 0.107. The molecule has 0 atom stereocenters. The predicted molar refractivity (Wildman–Crippen MR) is 238 cm³/mol. The summed E-state index contributed by atoms with van der Waals surface area (Å²) in [5.74, 6) is 0. The Morgan fingerprint density at radius 2 is 1.02 bits per heavy atom. The number of hydrogen-bond donors (Lipinski definition) is 0. The van der Waals surface area contributed by atoms with E-state index < -0.39 is 0 Å². The molecule has 0 aliphatic carbocycles. The van der Waals surface area contributed by atoms with E-state index in [4.69, 9.17) is 15.4 Å². The van der Waals surface area contributed by atoms with Crippen LogP contribution in [0.15, 0.2) is 130 Å². The standard InChI is InChI=1S/C52H38N4O2/c1-51(2,3)30-16-20-39-37(25-30)46-41(22-18-35-33-12-8-10-14-44(33)57-49(35)46)55(39)43-27-32(54-7)24-29(28-53)48(43)56-40-21-17-31(52(4,5)6)26-38(40)47-42(56)23-19-36-34-13-9-11-15-45(34)58-50(36)47/h8-27H,1-6H3. The molecule has 278 valence electrons. The third kappa shape index (κ3) is 4.63. The number of furan rings is 2. The number of benzene rings is 7. The van der Waals surface area contributed by atoms with Gasteiger partial charge in [-0.2, -0.15) is 5.26 Å². The van der Waals surface area contributed by atoms with Crippen molar-refractivity contribution in [1.29, 1.82) is 5.26 Å². The maximum atomic E-state index is 11.1. The minimum atomic E-state index is -0.110. The van der Waals surface area contributed by atoms with Gasteiger partial charge in [-0.25, -0.2) is 4.85 Å². The van der Waals surface area contributed by atoms with Crippen molar-refractivity contribution in [2.24, 2.45) is 0 Å². The van der Waals surface area contributed by atoms with Crippen LogP contribution in [0.5, 0.6) is 0 Å². The monoisotopic (exact) mass is 750 g/mol. The van der Waals surface area contributed by atoms with Gasteiger partial charge in [0.2, 0.25) is 0 Å². The van der Waals surface area contributed by atoms with Crippen LogP contribution in [0.1, 0.15) is 58.2 Å². The zero-order chi connectivity index (χ0) is 39.8. The lowest BCUT2D eigenvalue weighted by molar-refractivity contribution is 0.591. The summed E-state index contributed by atoms with van der Waals surface area (Å²) in [6, 6.07) is 44.5. The lowest BCUT2D eigenvalue weighted by atomic mass is 9.86. The predicted octanol–water partition coefficient (Wildman–Crippen LogP) is 14.7. The van der Waals surface area contributed by atoms with Gasteiger partial charge in [0.25, 0.3) is 0 Å². The molecule has 0 N–H and O–H groups in total. The number of rotatable bonds is 2. The molecule has 0 aliphatic heterocycles. The van der Waals surface area contributed by atoms with Crippen molar-refractivity contribution in [3.05, 3.63) is 149 Å². The summed E-state index contributed by atoms with van der Waals surface area (Å²) in [6.07, 6.45) is 0. The minimum Gasteiger partial charge on any atom is -0.455 e. The number of nitrogens with zero attached hydrogens (tertiary/aromatic N) is 4. The molecule has 4 aromatic heterocycles. The molecular weight excluding hydrogens is 713 g/mol. The number of para-hydroxylation sites is 2. The molecule has 0 saturated heterocycles. The highest BCUT2D eigenvalue weighted by molar-refractivity contribution is 6.26. The Kier molecular flexibility index (Phi) is 6.82. The summed E-state index contributed by atoms with van der Waals surface area (Å²) in [5, 5.41) is 19.4. The van der Waals surface area contributed by atoms with E-state index >= 15 is 0 Å². The van der Waals surface area contributed by atoms with Crippen LogP contribution in [0.25, 0.3) is 104 Å². The van der Waals surface area contributed by atoms with Gasteiger partial charge < -0.3 is 18.0 Å². The van der Waals surface area contributed by atoms with Crippen molar-refractivity contribution in [3.63, 3.8) is 0 Å². The van der Waals surface area contributed by atoms with Crippen molar-refractivity contribution in [2.45, 2.75) is 52.4 Å². The molecule has 0 bridgehead atoms. The van der Waals surface area contributed by atoms with Crippen LogP contribution in [0.4, 0.5) is 5.69 Å². The SMILES string of the molecule is [C-]#[N+]c1cc(C#N)c(-n2c3ccc(C(C)(C)C)cc3c3c4oc5ccccc5c4ccc32)c(-n2c3ccc(C(C)(C)C)cc3c3c4oc5ccccc5c4ccc32)c1. The third-order valence-corrected chi connectivity index (χ3v) is 12.1. The first-order valence-corrected chi connectivity index (χ1v) is 19.7. The Morgan fingerprint density at radius 1 is 0.534 bits per heavy atom. The van der Waals surface area contributed by atoms with Crippen molar-refractivity contribution in [3.8, 4) is 17.4 Å². The molecule has 6 heteroatoms. The van der Waals surface area contributed by atoms with Crippen LogP contribution >= 0.6 is 0 Å². The zero-order valence-corrected chi connectivity index (χ0v) is 33.2. The van der Waals surface area contributed by atoms with E-state index in [2.05, 4.69) is 134 Å². The largest absolute Gasteiger partial charge is 0.455 e. The molecule has 0 unspecified atom stereocenters. The van der Waals surface area contributed by atoms with E-state index in [0.717, 1.165) is 93.2 Å². The highest BCUT2D eigenvalue weighted by atomic mass is 16.3. The van der Waals surface area contributed by atoms with E-state index in [-0.39, 0.29) is 10.8 Å². The molecule has 7 aromatic carbocycles. The Morgan fingerprint density at radius 3 is 1.52 bits per heavy atom. The third-order valence-electron chi connectivity index (χ3n) is 12.1. The highest BCUT2D eigenvalue weighted by Crippen LogP contribution is 2.47. The Labute approximate surface area is 334 Å². The Balaban J connectivity index is 1.34. The number of nitriles is 1. The maximum absolute atomic E-state index is 11.1. The van der Waals surface area contributed by atoms with Crippen LogP contribution in [-0.4, -0.2) is 9.13 Å². The van der Waals surface area contributed by atoms with Gasteiger partial charge in [-0.15, -0.1) is 0 Å². The average molecular weight is 751 g/mol. The average Bonchev–Trinajstić information content (AvgIpc) is 3.96. The van der Waals surface area contributed by atoms with Gasteiger partial charge in [0.15, 0.2) is 5.69 Å². The van der Waals surface area contributed by atoms with E-state index in [1.54, 1.807) is 6.07 Å². The summed E-state index contributed by atoms with van der Waals surface area (Å²) >= 11 is 0. The highest BCUT2D eigenvalue weighted by Gasteiger charge is 2.28. The molecular formula is C52H38N4O2. The molecule has 6 nitrogen and oxygen atoms in total. The maximum Gasteiger partial charge on any atom is 0.190 e. The molecule has 0 fully saturated rings. The number of fused-ring (bicyclic) bond motifs is 14.